The number of amides is 1. The molecule has 0 radical (unpaired) electrons. The Balaban J connectivity index is 1.75. The van der Waals surface area contributed by atoms with Crippen LogP contribution in [0.4, 0.5) is 5.69 Å². The fourth-order valence-corrected chi connectivity index (χ4v) is 2.63. The number of benzene rings is 3. The second-order valence-corrected chi connectivity index (χ2v) is 5.91. The van der Waals surface area contributed by atoms with Gasteiger partial charge in [-0.15, -0.1) is 0 Å². The minimum absolute atomic E-state index is 0.00514. The molecule has 3 aromatic rings. The molecular formula is C22H21NO2. The van der Waals surface area contributed by atoms with Gasteiger partial charge in [0.2, 0.25) is 0 Å². The second-order valence-electron chi connectivity index (χ2n) is 5.91. The molecule has 0 aromatic heterocycles. The van der Waals surface area contributed by atoms with E-state index in [4.69, 9.17) is 4.74 Å². The first-order chi connectivity index (χ1) is 12.2. The highest BCUT2D eigenvalue weighted by molar-refractivity contribution is 5.94. The topological polar surface area (TPSA) is 29.5 Å². The summed E-state index contributed by atoms with van der Waals surface area (Å²) in [7, 11) is 0. The fourth-order valence-electron chi connectivity index (χ4n) is 2.63. The SMILES string of the molecule is Cc1cccc(OCC(=O)N(Cc2ccccc2)c2ccccc2)c1. The van der Waals surface area contributed by atoms with E-state index in [2.05, 4.69) is 0 Å². The number of hydrogen-bond acceptors (Lipinski definition) is 2. The van der Waals surface area contributed by atoms with E-state index in [-0.39, 0.29) is 12.5 Å². The molecule has 3 aromatic carbocycles. The lowest BCUT2D eigenvalue weighted by Crippen LogP contribution is -2.34. The van der Waals surface area contributed by atoms with Crippen LogP contribution in [0.1, 0.15) is 11.1 Å². The van der Waals surface area contributed by atoms with Gasteiger partial charge >= 0.3 is 0 Å². The Bertz CT molecular complexity index is 816. The third-order valence-electron chi connectivity index (χ3n) is 3.90. The molecule has 3 rings (SSSR count). The van der Waals surface area contributed by atoms with Crippen LogP contribution >= 0.6 is 0 Å². The van der Waals surface area contributed by atoms with E-state index in [9.17, 15) is 4.79 Å². The van der Waals surface area contributed by atoms with Crippen molar-refractivity contribution < 1.29 is 9.53 Å². The molecule has 126 valence electrons. The zero-order chi connectivity index (χ0) is 17.5. The molecule has 0 N–H and O–H groups in total. The molecule has 0 atom stereocenters. The lowest BCUT2D eigenvalue weighted by molar-refractivity contribution is -0.120. The van der Waals surface area contributed by atoms with E-state index >= 15 is 0 Å². The zero-order valence-corrected chi connectivity index (χ0v) is 14.3. The number of ether oxygens (including phenoxy) is 1. The van der Waals surface area contributed by atoms with Gasteiger partial charge in [0.1, 0.15) is 5.75 Å². The maximum Gasteiger partial charge on any atom is 0.265 e. The van der Waals surface area contributed by atoms with Gasteiger partial charge in [-0.2, -0.15) is 0 Å². The minimum Gasteiger partial charge on any atom is -0.484 e. The quantitative estimate of drug-likeness (QED) is 0.660. The van der Waals surface area contributed by atoms with Gasteiger partial charge in [0.15, 0.2) is 6.61 Å². The maximum absolute atomic E-state index is 12.8. The summed E-state index contributed by atoms with van der Waals surface area (Å²) in [4.78, 5) is 14.6. The van der Waals surface area contributed by atoms with Crippen molar-refractivity contribution in [3.63, 3.8) is 0 Å². The normalized spacial score (nSPS) is 10.3. The van der Waals surface area contributed by atoms with Crippen LogP contribution in [0.2, 0.25) is 0 Å². The summed E-state index contributed by atoms with van der Waals surface area (Å²) in [6.07, 6.45) is 0. The van der Waals surface area contributed by atoms with Crippen molar-refractivity contribution >= 4 is 11.6 Å². The zero-order valence-electron chi connectivity index (χ0n) is 14.3. The number of nitrogens with zero attached hydrogens (tertiary/aromatic N) is 1. The first-order valence-corrected chi connectivity index (χ1v) is 8.31. The summed E-state index contributed by atoms with van der Waals surface area (Å²) in [6.45, 7) is 2.52. The van der Waals surface area contributed by atoms with Crippen molar-refractivity contribution in [2.24, 2.45) is 0 Å². The molecule has 3 nitrogen and oxygen atoms in total. The average molecular weight is 331 g/mol. The standard InChI is InChI=1S/C22H21NO2/c1-18-9-8-14-21(15-18)25-17-22(24)23(20-12-6-3-7-13-20)16-19-10-4-2-5-11-19/h2-15H,16-17H2,1H3. The molecule has 0 unspecified atom stereocenters. The highest BCUT2D eigenvalue weighted by atomic mass is 16.5. The van der Waals surface area contributed by atoms with Gasteiger partial charge in [-0.1, -0.05) is 60.7 Å². The van der Waals surface area contributed by atoms with Gasteiger partial charge in [-0.25, -0.2) is 0 Å². The Labute approximate surface area is 148 Å². The molecule has 1 amide bonds. The molecule has 0 saturated heterocycles. The van der Waals surface area contributed by atoms with Gasteiger partial charge in [-0.05, 0) is 42.3 Å². The Morgan fingerprint density at radius 2 is 1.56 bits per heavy atom. The smallest absolute Gasteiger partial charge is 0.265 e. The number of rotatable bonds is 6. The van der Waals surface area contributed by atoms with Crippen molar-refractivity contribution in [1.82, 2.24) is 0 Å². The number of aryl methyl sites for hydroxylation is 1. The number of para-hydroxylation sites is 1. The summed E-state index contributed by atoms with van der Waals surface area (Å²) >= 11 is 0. The largest absolute Gasteiger partial charge is 0.484 e. The van der Waals surface area contributed by atoms with Crippen LogP contribution < -0.4 is 9.64 Å². The minimum atomic E-state index is -0.0726. The predicted octanol–water partition coefficient (Wildman–Crippen LogP) is 4.61. The Morgan fingerprint density at radius 1 is 0.880 bits per heavy atom. The van der Waals surface area contributed by atoms with Crippen LogP contribution in [0.15, 0.2) is 84.9 Å². The molecule has 0 saturated carbocycles. The van der Waals surface area contributed by atoms with Crippen molar-refractivity contribution in [3.8, 4) is 5.75 Å². The highest BCUT2D eigenvalue weighted by Crippen LogP contribution is 2.18. The number of hydrogen-bond donors (Lipinski definition) is 0. The third-order valence-corrected chi connectivity index (χ3v) is 3.90. The second kappa shape index (κ2) is 8.15. The van der Waals surface area contributed by atoms with Gasteiger partial charge in [0, 0.05) is 5.69 Å². The van der Waals surface area contributed by atoms with Crippen LogP contribution in [-0.4, -0.2) is 12.5 Å². The Hall–Kier alpha value is -3.07. The first-order valence-electron chi connectivity index (χ1n) is 8.31. The molecule has 0 aliphatic heterocycles. The van der Waals surface area contributed by atoms with E-state index in [0.717, 1.165) is 16.8 Å². The lowest BCUT2D eigenvalue weighted by Gasteiger charge is -2.23. The van der Waals surface area contributed by atoms with E-state index in [1.165, 1.54) is 0 Å². The van der Waals surface area contributed by atoms with E-state index < -0.39 is 0 Å². The third kappa shape index (κ3) is 4.70. The van der Waals surface area contributed by atoms with Gasteiger partial charge < -0.3 is 9.64 Å². The van der Waals surface area contributed by atoms with Gasteiger partial charge in [-0.3, -0.25) is 4.79 Å². The summed E-state index contributed by atoms with van der Waals surface area (Å²) < 4.78 is 5.70. The molecule has 0 bridgehead atoms. The molecule has 0 heterocycles. The van der Waals surface area contributed by atoms with E-state index in [0.29, 0.717) is 12.3 Å². The van der Waals surface area contributed by atoms with Crippen LogP contribution in [0.3, 0.4) is 0 Å². The Morgan fingerprint density at radius 3 is 2.24 bits per heavy atom. The summed E-state index contributed by atoms with van der Waals surface area (Å²) in [5, 5.41) is 0. The van der Waals surface area contributed by atoms with Crippen LogP contribution in [0.25, 0.3) is 0 Å². The molecule has 0 aliphatic carbocycles. The molecule has 0 fully saturated rings. The number of carbonyl (C=O) groups is 1. The molecule has 25 heavy (non-hydrogen) atoms. The van der Waals surface area contributed by atoms with Crippen molar-refractivity contribution in [2.45, 2.75) is 13.5 Å². The highest BCUT2D eigenvalue weighted by Gasteiger charge is 2.16. The fraction of sp³-hybridized carbons (Fsp3) is 0.136. The van der Waals surface area contributed by atoms with Gasteiger partial charge in [0.05, 0.1) is 6.54 Å². The first kappa shape index (κ1) is 16.8. The molecular weight excluding hydrogens is 310 g/mol. The lowest BCUT2D eigenvalue weighted by atomic mass is 10.2. The molecule has 0 spiro atoms. The van der Waals surface area contributed by atoms with Crippen molar-refractivity contribution in [1.29, 1.82) is 0 Å². The monoisotopic (exact) mass is 331 g/mol. The average Bonchev–Trinajstić information content (AvgIpc) is 2.66. The van der Waals surface area contributed by atoms with E-state index in [1.807, 2.05) is 91.9 Å². The molecule has 3 heteroatoms. The summed E-state index contributed by atoms with van der Waals surface area (Å²) in [5.74, 6) is 0.637. The van der Waals surface area contributed by atoms with Crippen LogP contribution in [0.5, 0.6) is 5.75 Å². The van der Waals surface area contributed by atoms with Crippen LogP contribution in [-0.2, 0) is 11.3 Å². The molecule has 0 aliphatic rings. The Kier molecular flexibility index (Phi) is 5.47. The number of anilines is 1. The van der Waals surface area contributed by atoms with E-state index in [1.54, 1.807) is 4.90 Å². The van der Waals surface area contributed by atoms with Gasteiger partial charge in [0.25, 0.3) is 5.91 Å². The number of carbonyl (C=O) groups excluding carboxylic acids is 1. The maximum atomic E-state index is 12.8. The predicted molar refractivity (Wildman–Crippen MR) is 101 cm³/mol. The summed E-state index contributed by atoms with van der Waals surface area (Å²) in [6, 6.07) is 27.4. The van der Waals surface area contributed by atoms with Crippen LogP contribution in [0, 0.1) is 6.92 Å². The summed E-state index contributed by atoms with van der Waals surface area (Å²) in [5.41, 5.74) is 3.05. The van der Waals surface area contributed by atoms with Crippen molar-refractivity contribution in [2.75, 3.05) is 11.5 Å². The van der Waals surface area contributed by atoms with Crippen molar-refractivity contribution in [3.05, 3.63) is 96.1 Å².